The van der Waals surface area contributed by atoms with Gasteiger partial charge in [-0.1, -0.05) is 60.5 Å². The lowest BCUT2D eigenvalue weighted by Gasteiger charge is -2.34. The number of benzene rings is 3. The summed E-state index contributed by atoms with van der Waals surface area (Å²) in [6, 6.07) is 28.3. The lowest BCUT2D eigenvalue weighted by atomic mass is 9.86. The van der Waals surface area contributed by atoms with Crippen molar-refractivity contribution in [2.45, 2.75) is 91.9 Å². The van der Waals surface area contributed by atoms with Gasteiger partial charge in [0.1, 0.15) is 34.9 Å². The number of piperidine rings is 1. The number of pyridine rings is 1. The summed E-state index contributed by atoms with van der Waals surface area (Å²) in [4.78, 5) is 9.00. The summed E-state index contributed by atoms with van der Waals surface area (Å²) in [5.74, 6) is 0.173. The van der Waals surface area contributed by atoms with E-state index in [4.69, 9.17) is 5.73 Å². The van der Waals surface area contributed by atoms with E-state index in [9.17, 15) is 24.2 Å². The van der Waals surface area contributed by atoms with Gasteiger partial charge >= 0.3 is 0 Å². The first kappa shape index (κ1) is 36.9. The summed E-state index contributed by atoms with van der Waals surface area (Å²) in [6.45, 7) is 5.47. The van der Waals surface area contributed by atoms with Crippen LogP contribution >= 0.6 is 11.8 Å². The van der Waals surface area contributed by atoms with Gasteiger partial charge < -0.3 is 10.6 Å². The van der Waals surface area contributed by atoms with Crippen molar-refractivity contribution >= 4 is 33.4 Å². The van der Waals surface area contributed by atoms with Crippen molar-refractivity contribution in [2.75, 3.05) is 23.7 Å². The molecule has 2 heterocycles. The quantitative estimate of drug-likeness (QED) is 0.158. The molecule has 3 aromatic carbocycles. The van der Waals surface area contributed by atoms with Crippen LogP contribution in [-0.4, -0.2) is 32.5 Å². The van der Waals surface area contributed by atoms with Crippen LogP contribution in [0.3, 0.4) is 0 Å². The Labute approximate surface area is 311 Å². The average Bonchev–Trinajstić information content (AvgIpc) is 3.65. The number of nitrogen functional groups attached to an aromatic ring is 1. The Kier molecular flexibility index (Phi) is 11.5. The van der Waals surface area contributed by atoms with Crippen molar-refractivity contribution in [3.05, 3.63) is 106 Å². The minimum absolute atomic E-state index is 0.0310. The number of anilines is 2. The molecule has 11 heteroatoms. The molecule has 1 atom stereocenters. The number of hydrogen-bond donors (Lipinski definition) is 2. The number of aryl methyl sites for hydroxylation is 2. The van der Waals surface area contributed by atoms with E-state index in [-0.39, 0.29) is 23.0 Å². The standard InChI is InChI=1S/C41H43N7O2S2/c1-27-7-10-29(11-8-27)22-32(24-42)39-37(25-43)40(45)46-41(38(39)26-44)48-19-17-30(18-20-48)21-31-23-35(12-9-28(31)2)51-34-13-15-36(16-14-34)52(49,50)47-33-5-3-4-6-33/h7-16,23,30,32-33,47H,3-6,17-22H2,1-2H3,(H2,45,46). The van der Waals surface area contributed by atoms with E-state index in [1.165, 1.54) is 11.1 Å². The third-order valence-corrected chi connectivity index (χ3v) is 12.9. The maximum atomic E-state index is 12.9. The Morgan fingerprint density at radius 3 is 2.19 bits per heavy atom. The number of rotatable bonds is 11. The van der Waals surface area contributed by atoms with Crippen LogP contribution in [0.15, 0.2) is 81.4 Å². The van der Waals surface area contributed by atoms with Crippen molar-refractivity contribution in [3.8, 4) is 18.2 Å². The third kappa shape index (κ3) is 8.43. The lowest BCUT2D eigenvalue weighted by Crippen LogP contribution is -2.36. The molecule has 9 nitrogen and oxygen atoms in total. The smallest absolute Gasteiger partial charge is 0.240 e. The predicted molar refractivity (Wildman–Crippen MR) is 204 cm³/mol. The second kappa shape index (κ2) is 16.2. The molecule has 6 rings (SSSR count). The second-order valence-electron chi connectivity index (χ2n) is 14.0. The monoisotopic (exact) mass is 729 g/mol. The fourth-order valence-corrected chi connectivity index (χ4v) is 9.52. The number of nitrogens with two attached hydrogens (primary N) is 1. The van der Waals surface area contributed by atoms with Crippen LogP contribution in [0.2, 0.25) is 0 Å². The molecule has 0 radical (unpaired) electrons. The Bertz CT molecular complexity index is 2150. The minimum atomic E-state index is -3.53. The van der Waals surface area contributed by atoms with Crippen LogP contribution in [-0.2, 0) is 22.9 Å². The van der Waals surface area contributed by atoms with Gasteiger partial charge in [0.25, 0.3) is 0 Å². The largest absolute Gasteiger partial charge is 0.383 e. The zero-order valence-electron chi connectivity index (χ0n) is 29.6. The third-order valence-electron chi connectivity index (χ3n) is 10.3. The highest BCUT2D eigenvalue weighted by molar-refractivity contribution is 7.99. The number of nitriles is 3. The first-order valence-corrected chi connectivity index (χ1v) is 20.1. The van der Waals surface area contributed by atoms with Crippen molar-refractivity contribution in [1.29, 1.82) is 15.8 Å². The van der Waals surface area contributed by atoms with Gasteiger partial charge in [0, 0.05) is 34.5 Å². The molecule has 1 saturated carbocycles. The molecule has 1 aromatic heterocycles. The summed E-state index contributed by atoms with van der Waals surface area (Å²) in [5, 5.41) is 30.7. The fraction of sp³-hybridized carbons (Fsp3) is 0.366. The van der Waals surface area contributed by atoms with Crippen LogP contribution < -0.4 is 15.4 Å². The molecular weight excluding hydrogens is 687 g/mol. The van der Waals surface area contributed by atoms with E-state index < -0.39 is 15.9 Å². The molecule has 1 unspecified atom stereocenters. The van der Waals surface area contributed by atoms with Crippen molar-refractivity contribution < 1.29 is 8.42 Å². The first-order valence-electron chi connectivity index (χ1n) is 17.8. The van der Waals surface area contributed by atoms with Gasteiger partial charge in [-0.3, -0.25) is 0 Å². The first-order chi connectivity index (χ1) is 25.1. The highest BCUT2D eigenvalue weighted by Crippen LogP contribution is 2.37. The summed E-state index contributed by atoms with van der Waals surface area (Å²) in [6.07, 6.45) is 6.95. The molecule has 2 aliphatic rings. The lowest BCUT2D eigenvalue weighted by molar-refractivity contribution is 0.401. The number of nitrogens with one attached hydrogen (secondary N) is 1. The number of hydrogen-bond acceptors (Lipinski definition) is 9. The zero-order chi connectivity index (χ0) is 36.8. The summed E-state index contributed by atoms with van der Waals surface area (Å²) >= 11 is 1.62. The van der Waals surface area contributed by atoms with E-state index in [1.807, 2.05) is 43.3 Å². The molecule has 1 saturated heterocycles. The summed E-state index contributed by atoms with van der Waals surface area (Å²) < 4.78 is 28.6. The SMILES string of the molecule is Cc1ccc(CC(C#N)c2c(C#N)c(N)nc(N3CCC(Cc4cc(Sc5ccc(S(=O)(=O)NC6CCCC6)cc5)ccc4C)CC3)c2C#N)cc1. The van der Waals surface area contributed by atoms with Crippen LogP contribution in [0, 0.1) is 53.8 Å². The van der Waals surface area contributed by atoms with Gasteiger partial charge in [0.15, 0.2) is 0 Å². The Morgan fingerprint density at radius 2 is 1.56 bits per heavy atom. The van der Waals surface area contributed by atoms with Gasteiger partial charge in [-0.15, -0.1) is 0 Å². The van der Waals surface area contributed by atoms with Gasteiger partial charge in [-0.25, -0.2) is 18.1 Å². The number of sulfonamides is 1. The molecule has 266 valence electrons. The molecular formula is C41H43N7O2S2. The zero-order valence-corrected chi connectivity index (χ0v) is 31.2. The Hall–Kier alpha value is -4.86. The van der Waals surface area contributed by atoms with E-state index in [0.29, 0.717) is 41.7 Å². The predicted octanol–water partition coefficient (Wildman–Crippen LogP) is 7.71. The molecule has 3 N–H and O–H groups in total. The van der Waals surface area contributed by atoms with Gasteiger partial charge in [-0.05, 0) is 111 Å². The highest BCUT2D eigenvalue weighted by Gasteiger charge is 2.30. The molecule has 0 spiro atoms. The molecule has 1 aliphatic heterocycles. The molecule has 1 aliphatic carbocycles. The van der Waals surface area contributed by atoms with Crippen LogP contribution in [0.25, 0.3) is 0 Å². The van der Waals surface area contributed by atoms with Crippen molar-refractivity contribution in [3.63, 3.8) is 0 Å². The van der Waals surface area contributed by atoms with E-state index >= 15 is 0 Å². The Morgan fingerprint density at radius 1 is 0.904 bits per heavy atom. The van der Waals surface area contributed by atoms with Crippen LogP contribution in [0.5, 0.6) is 0 Å². The highest BCUT2D eigenvalue weighted by atomic mass is 32.2. The number of aromatic nitrogens is 1. The van der Waals surface area contributed by atoms with Gasteiger partial charge in [0.05, 0.1) is 16.9 Å². The van der Waals surface area contributed by atoms with E-state index in [0.717, 1.165) is 65.9 Å². The molecule has 0 amide bonds. The minimum Gasteiger partial charge on any atom is -0.383 e. The summed E-state index contributed by atoms with van der Waals surface area (Å²) in [7, 11) is -3.53. The normalized spacial score (nSPS) is 15.9. The maximum Gasteiger partial charge on any atom is 0.240 e. The Balaban J connectivity index is 1.13. The number of nitrogens with zero attached hydrogens (tertiary/aromatic N) is 5. The topological polar surface area (TPSA) is 160 Å². The molecule has 52 heavy (non-hydrogen) atoms. The second-order valence-corrected chi connectivity index (χ2v) is 16.8. The van der Waals surface area contributed by atoms with Crippen LogP contribution in [0.4, 0.5) is 11.6 Å². The van der Waals surface area contributed by atoms with Gasteiger partial charge in [0.2, 0.25) is 10.0 Å². The van der Waals surface area contributed by atoms with E-state index in [1.54, 1.807) is 23.9 Å². The maximum absolute atomic E-state index is 12.9. The van der Waals surface area contributed by atoms with Crippen LogP contribution in [0.1, 0.15) is 83.4 Å². The fourth-order valence-electron chi connectivity index (χ4n) is 7.33. The summed E-state index contributed by atoms with van der Waals surface area (Å²) in [5.41, 5.74) is 11.6. The molecule has 4 aromatic rings. The van der Waals surface area contributed by atoms with Crippen molar-refractivity contribution in [1.82, 2.24) is 9.71 Å². The van der Waals surface area contributed by atoms with Gasteiger partial charge in [-0.2, -0.15) is 15.8 Å². The average molecular weight is 730 g/mol. The van der Waals surface area contributed by atoms with Crippen molar-refractivity contribution in [2.24, 2.45) is 5.92 Å². The molecule has 0 bridgehead atoms. The van der Waals surface area contributed by atoms with E-state index in [2.05, 4.69) is 57.9 Å². The molecule has 2 fully saturated rings.